The van der Waals surface area contributed by atoms with E-state index < -0.39 is 9.84 Å². The number of hydrogen-bond acceptors (Lipinski definition) is 2. The molecule has 5 aromatic rings. The molecule has 0 fully saturated rings. The van der Waals surface area contributed by atoms with Gasteiger partial charge in [-0.1, -0.05) is 62.4 Å². The first-order valence-corrected chi connectivity index (χ1v) is 11.9. The second-order valence-electron chi connectivity index (χ2n) is 9.04. The second-order valence-corrected chi connectivity index (χ2v) is 10.9. The predicted molar refractivity (Wildman–Crippen MR) is 124 cm³/mol. The van der Waals surface area contributed by atoms with Gasteiger partial charge in [-0.2, -0.15) is 0 Å². The Kier molecular flexibility index (Phi) is 2.94. The van der Waals surface area contributed by atoms with Gasteiger partial charge >= 0.3 is 0 Å². The van der Waals surface area contributed by atoms with Gasteiger partial charge in [0.15, 0.2) is 0 Å². The summed E-state index contributed by atoms with van der Waals surface area (Å²) in [6, 6.07) is 26.1. The number of fused-ring (bicyclic) bond motifs is 8. The summed E-state index contributed by atoms with van der Waals surface area (Å²) >= 11 is 0. The molecule has 2 heterocycles. The molecule has 1 aromatic heterocycles. The van der Waals surface area contributed by atoms with Crippen LogP contribution in [0.2, 0.25) is 0 Å². The van der Waals surface area contributed by atoms with Crippen LogP contribution in [-0.4, -0.2) is 13.0 Å². The molecule has 0 spiro atoms. The number of benzene rings is 4. The highest BCUT2D eigenvalue weighted by atomic mass is 32.2. The van der Waals surface area contributed by atoms with Crippen LogP contribution in [0.1, 0.15) is 25.0 Å². The summed E-state index contributed by atoms with van der Waals surface area (Å²) in [5.41, 5.74) is 7.60. The van der Waals surface area contributed by atoms with Crippen molar-refractivity contribution in [2.75, 3.05) is 0 Å². The number of sulfone groups is 1. The summed E-state index contributed by atoms with van der Waals surface area (Å²) in [7, 11) is -3.56. The molecule has 1 aliphatic carbocycles. The van der Waals surface area contributed by atoms with Gasteiger partial charge in [0, 0.05) is 16.2 Å². The Hall–Kier alpha value is -3.37. The van der Waals surface area contributed by atoms with Crippen molar-refractivity contribution in [1.29, 1.82) is 0 Å². The molecule has 31 heavy (non-hydrogen) atoms. The van der Waals surface area contributed by atoms with Crippen molar-refractivity contribution in [1.82, 2.24) is 4.57 Å². The van der Waals surface area contributed by atoms with E-state index in [0.29, 0.717) is 9.79 Å². The van der Waals surface area contributed by atoms with Gasteiger partial charge in [0.2, 0.25) is 9.84 Å². The fraction of sp³-hybridized carbons (Fsp3) is 0.111. The van der Waals surface area contributed by atoms with Crippen LogP contribution < -0.4 is 0 Å². The fourth-order valence-corrected chi connectivity index (χ4v) is 7.33. The lowest BCUT2D eigenvalue weighted by atomic mass is 9.82. The van der Waals surface area contributed by atoms with Gasteiger partial charge in [-0.25, -0.2) is 8.42 Å². The second kappa shape index (κ2) is 5.27. The van der Waals surface area contributed by atoms with E-state index in [1.165, 1.54) is 22.3 Å². The van der Waals surface area contributed by atoms with E-state index in [-0.39, 0.29) is 5.41 Å². The zero-order chi connectivity index (χ0) is 21.1. The van der Waals surface area contributed by atoms with Crippen LogP contribution in [0.25, 0.3) is 38.6 Å². The van der Waals surface area contributed by atoms with E-state index in [1.807, 2.05) is 24.3 Å². The van der Waals surface area contributed by atoms with Crippen LogP contribution in [0.15, 0.2) is 88.7 Å². The smallest absolute Gasteiger partial charge is 0.210 e. The van der Waals surface area contributed by atoms with Crippen molar-refractivity contribution in [2.45, 2.75) is 29.1 Å². The Morgan fingerprint density at radius 3 is 2.32 bits per heavy atom. The third kappa shape index (κ3) is 1.88. The van der Waals surface area contributed by atoms with Gasteiger partial charge in [0.05, 0.1) is 26.5 Å². The molecule has 0 saturated heterocycles. The van der Waals surface area contributed by atoms with E-state index in [4.69, 9.17) is 0 Å². The molecule has 0 N–H and O–H groups in total. The lowest BCUT2D eigenvalue weighted by molar-refractivity contribution is 0.595. The molecular weight excluding hydrogens is 402 g/mol. The maximum absolute atomic E-state index is 13.4. The lowest BCUT2D eigenvalue weighted by Gasteiger charge is -2.23. The molecule has 0 radical (unpaired) electrons. The zero-order valence-electron chi connectivity index (χ0n) is 17.2. The summed E-state index contributed by atoms with van der Waals surface area (Å²) in [4.78, 5) is 0.760. The third-order valence-electron chi connectivity index (χ3n) is 7.14. The SMILES string of the molecule is CC1(C)c2ccccc2-c2cc3c4cccc5c4n(c3cc21)-c1ccccc1S5(=O)=O. The monoisotopic (exact) mass is 421 g/mol. The van der Waals surface area contributed by atoms with Crippen LogP contribution in [0.4, 0.5) is 0 Å². The van der Waals surface area contributed by atoms with Gasteiger partial charge in [-0.3, -0.25) is 0 Å². The number of hydrogen-bond donors (Lipinski definition) is 0. The van der Waals surface area contributed by atoms with E-state index in [0.717, 1.165) is 27.5 Å². The van der Waals surface area contributed by atoms with E-state index in [2.05, 4.69) is 54.8 Å². The maximum atomic E-state index is 13.4. The molecule has 3 nitrogen and oxygen atoms in total. The van der Waals surface area contributed by atoms with Gasteiger partial charge in [0.1, 0.15) is 0 Å². The molecule has 0 atom stereocenters. The highest BCUT2D eigenvalue weighted by Gasteiger charge is 2.38. The fourth-order valence-electron chi connectivity index (χ4n) is 5.68. The molecule has 4 aromatic carbocycles. The van der Waals surface area contributed by atoms with Crippen molar-refractivity contribution < 1.29 is 8.42 Å². The van der Waals surface area contributed by atoms with Crippen LogP contribution in [-0.2, 0) is 15.3 Å². The summed E-state index contributed by atoms with van der Waals surface area (Å²) in [5.74, 6) is 0. The molecule has 0 amide bonds. The van der Waals surface area contributed by atoms with Crippen LogP contribution >= 0.6 is 0 Å². The summed E-state index contributed by atoms with van der Waals surface area (Å²) < 4.78 is 29.0. The van der Waals surface area contributed by atoms with Crippen molar-refractivity contribution in [3.8, 4) is 16.8 Å². The van der Waals surface area contributed by atoms with Crippen LogP contribution in [0, 0.1) is 0 Å². The summed E-state index contributed by atoms with van der Waals surface area (Å²) in [6.45, 7) is 4.54. The maximum Gasteiger partial charge on any atom is 0.210 e. The Morgan fingerprint density at radius 2 is 1.45 bits per heavy atom. The Labute approximate surface area is 180 Å². The Balaban J connectivity index is 1.73. The summed E-state index contributed by atoms with van der Waals surface area (Å²) in [6.07, 6.45) is 0. The molecule has 4 heteroatoms. The minimum absolute atomic E-state index is 0.111. The van der Waals surface area contributed by atoms with Crippen LogP contribution in [0.3, 0.4) is 0 Å². The molecule has 2 aliphatic rings. The van der Waals surface area contributed by atoms with Gasteiger partial charge in [0.25, 0.3) is 0 Å². The minimum atomic E-state index is -3.56. The molecule has 0 unspecified atom stereocenters. The largest absolute Gasteiger partial charge is 0.307 e. The van der Waals surface area contributed by atoms with Gasteiger partial charge in [-0.05, 0) is 52.6 Å². The van der Waals surface area contributed by atoms with Gasteiger partial charge < -0.3 is 4.57 Å². The minimum Gasteiger partial charge on any atom is -0.307 e. The molecule has 7 rings (SSSR count). The average Bonchev–Trinajstić information content (AvgIpc) is 3.22. The molecule has 0 bridgehead atoms. The van der Waals surface area contributed by atoms with E-state index >= 15 is 0 Å². The number of para-hydroxylation sites is 2. The molecule has 0 saturated carbocycles. The van der Waals surface area contributed by atoms with Crippen LogP contribution in [0.5, 0.6) is 0 Å². The van der Waals surface area contributed by atoms with E-state index in [9.17, 15) is 8.42 Å². The van der Waals surface area contributed by atoms with Crippen molar-refractivity contribution >= 4 is 31.6 Å². The highest BCUT2D eigenvalue weighted by molar-refractivity contribution is 7.92. The van der Waals surface area contributed by atoms with Gasteiger partial charge in [-0.15, -0.1) is 0 Å². The molecule has 1 aliphatic heterocycles. The van der Waals surface area contributed by atoms with Crippen molar-refractivity contribution in [3.63, 3.8) is 0 Å². The molecule has 150 valence electrons. The topological polar surface area (TPSA) is 39.1 Å². The number of aromatic nitrogens is 1. The number of nitrogens with zero attached hydrogens (tertiary/aromatic N) is 1. The third-order valence-corrected chi connectivity index (χ3v) is 8.97. The van der Waals surface area contributed by atoms with E-state index in [1.54, 1.807) is 18.2 Å². The number of rotatable bonds is 0. The standard InChI is InChI=1S/C27H19NO2S/c1-27(2)20-10-4-3-8-16(20)18-14-19-17-9-7-13-25-26(17)28(23(19)15-21(18)27)22-11-5-6-12-24(22)31(25,29)30/h3-15H,1-2H3. The quantitative estimate of drug-likeness (QED) is 0.291. The normalized spacial score (nSPS) is 16.8. The predicted octanol–water partition coefficient (Wildman–Crippen LogP) is 6.24. The Morgan fingerprint density at radius 1 is 0.710 bits per heavy atom. The first-order chi connectivity index (χ1) is 14.9. The average molecular weight is 422 g/mol. The Bertz CT molecular complexity index is 1720. The lowest BCUT2D eigenvalue weighted by Crippen LogP contribution is -2.16. The zero-order valence-corrected chi connectivity index (χ0v) is 18.0. The summed E-state index contributed by atoms with van der Waals surface area (Å²) in [5, 5.41) is 2.07. The highest BCUT2D eigenvalue weighted by Crippen LogP contribution is 2.52. The van der Waals surface area contributed by atoms with Crippen molar-refractivity contribution in [2.24, 2.45) is 0 Å². The molecular formula is C27H19NO2S. The first-order valence-electron chi connectivity index (χ1n) is 10.5. The first kappa shape index (κ1) is 17.3. The van der Waals surface area contributed by atoms with Crippen molar-refractivity contribution in [3.05, 3.63) is 90.0 Å².